The Morgan fingerprint density at radius 3 is 2.76 bits per heavy atom. The van der Waals surface area contributed by atoms with Crippen LogP contribution in [0, 0.1) is 0 Å². The maximum Gasteiger partial charge on any atom is 0.274 e. The van der Waals surface area contributed by atoms with Crippen molar-refractivity contribution in [3.63, 3.8) is 0 Å². The van der Waals surface area contributed by atoms with Crippen LogP contribution in [0.2, 0.25) is 0 Å². The minimum absolute atomic E-state index is 0.129. The smallest absolute Gasteiger partial charge is 0.274 e. The largest absolute Gasteiger partial charge is 0.491 e. The number of hydrogen-bond donors (Lipinski definition) is 2. The van der Waals surface area contributed by atoms with Gasteiger partial charge in [-0.3, -0.25) is 4.79 Å². The quantitative estimate of drug-likeness (QED) is 0.834. The van der Waals surface area contributed by atoms with Gasteiger partial charge < -0.3 is 15.4 Å². The van der Waals surface area contributed by atoms with Crippen LogP contribution in [-0.2, 0) is 6.42 Å². The average Bonchev–Trinajstić information content (AvgIpc) is 3.24. The van der Waals surface area contributed by atoms with Crippen molar-refractivity contribution in [1.82, 2.24) is 25.6 Å². The third kappa shape index (κ3) is 3.99. The van der Waals surface area contributed by atoms with E-state index in [9.17, 15) is 4.79 Å². The molecule has 1 unspecified atom stereocenters. The zero-order valence-corrected chi connectivity index (χ0v) is 15.0. The average molecular weight is 343 g/mol. The molecule has 1 aromatic heterocycles. The highest BCUT2D eigenvalue weighted by atomic mass is 16.5. The van der Waals surface area contributed by atoms with E-state index in [1.54, 1.807) is 4.68 Å². The summed E-state index contributed by atoms with van der Waals surface area (Å²) in [6, 6.07) is 7.82. The van der Waals surface area contributed by atoms with Crippen LogP contribution >= 0.6 is 0 Å². The summed E-state index contributed by atoms with van der Waals surface area (Å²) in [5.41, 5.74) is 2.07. The van der Waals surface area contributed by atoms with Gasteiger partial charge in [0, 0.05) is 12.6 Å². The Morgan fingerprint density at radius 1 is 1.40 bits per heavy atom. The Kier molecular flexibility index (Phi) is 5.33. The van der Waals surface area contributed by atoms with Crippen molar-refractivity contribution in [2.24, 2.45) is 0 Å². The molecular formula is C18H25N5O2. The number of benzene rings is 1. The van der Waals surface area contributed by atoms with Gasteiger partial charge in [-0.2, -0.15) is 0 Å². The lowest BCUT2D eigenvalue weighted by Crippen LogP contribution is -2.36. The monoisotopic (exact) mass is 343 g/mol. The summed E-state index contributed by atoms with van der Waals surface area (Å²) in [6.45, 7) is 7.72. The zero-order chi connectivity index (χ0) is 17.8. The molecule has 7 heteroatoms. The van der Waals surface area contributed by atoms with Gasteiger partial charge >= 0.3 is 0 Å². The number of carbonyl (C=O) groups excluding carboxylic acids is 1. The van der Waals surface area contributed by atoms with Crippen LogP contribution in [0.15, 0.2) is 24.3 Å². The van der Waals surface area contributed by atoms with Crippen LogP contribution in [-0.4, -0.2) is 46.1 Å². The first-order chi connectivity index (χ1) is 12.1. The predicted octanol–water partition coefficient (Wildman–Crippen LogP) is 1.71. The van der Waals surface area contributed by atoms with E-state index in [4.69, 9.17) is 4.74 Å². The normalized spacial score (nSPS) is 17.0. The molecule has 2 aromatic rings. The van der Waals surface area contributed by atoms with Crippen LogP contribution < -0.4 is 15.4 Å². The third-order valence-corrected chi connectivity index (χ3v) is 4.16. The summed E-state index contributed by atoms with van der Waals surface area (Å²) < 4.78 is 7.39. The molecule has 134 valence electrons. The van der Waals surface area contributed by atoms with Crippen LogP contribution in [0.3, 0.4) is 0 Å². The fraction of sp³-hybridized carbons (Fsp3) is 0.500. The highest BCUT2D eigenvalue weighted by molar-refractivity contribution is 5.93. The Balaban J connectivity index is 1.80. The van der Waals surface area contributed by atoms with Crippen molar-refractivity contribution in [2.75, 3.05) is 13.1 Å². The first-order valence-corrected chi connectivity index (χ1v) is 8.81. The minimum Gasteiger partial charge on any atom is -0.491 e. The van der Waals surface area contributed by atoms with Gasteiger partial charge in [0.05, 0.1) is 17.5 Å². The lowest BCUT2D eigenvalue weighted by Gasteiger charge is -2.12. The fourth-order valence-electron chi connectivity index (χ4n) is 2.97. The van der Waals surface area contributed by atoms with E-state index < -0.39 is 0 Å². The molecule has 0 aliphatic carbocycles. The van der Waals surface area contributed by atoms with Gasteiger partial charge in [-0.25, -0.2) is 4.68 Å². The van der Waals surface area contributed by atoms with Crippen LogP contribution in [0.25, 0.3) is 5.69 Å². The molecule has 0 bridgehead atoms. The molecule has 0 saturated carbocycles. The van der Waals surface area contributed by atoms with Crippen LogP contribution in [0.5, 0.6) is 5.75 Å². The number of rotatable bonds is 6. The second-order valence-electron chi connectivity index (χ2n) is 6.47. The molecule has 1 saturated heterocycles. The fourth-order valence-corrected chi connectivity index (χ4v) is 2.97. The zero-order valence-electron chi connectivity index (χ0n) is 15.0. The van der Waals surface area contributed by atoms with Gasteiger partial charge in [0.25, 0.3) is 5.91 Å². The number of nitrogens with zero attached hydrogens (tertiary/aromatic N) is 3. The summed E-state index contributed by atoms with van der Waals surface area (Å²) >= 11 is 0. The number of nitrogens with one attached hydrogen (secondary N) is 2. The Labute approximate surface area is 147 Å². The lowest BCUT2D eigenvalue weighted by molar-refractivity contribution is 0.0934. The molecule has 1 aromatic carbocycles. The van der Waals surface area contributed by atoms with Gasteiger partial charge in [0.15, 0.2) is 5.69 Å². The highest BCUT2D eigenvalue weighted by Gasteiger charge is 2.23. The Bertz CT molecular complexity index is 718. The van der Waals surface area contributed by atoms with Crippen molar-refractivity contribution in [3.05, 3.63) is 35.7 Å². The van der Waals surface area contributed by atoms with Gasteiger partial charge in [-0.15, -0.1) is 5.10 Å². The minimum atomic E-state index is -0.156. The van der Waals surface area contributed by atoms with Crippen molar-refractivity contribution in [3.8, 4) is 11.4 Å². The molecule has 0 radical (unpaired) electrons. The highest BCUT2D eigenvalue weighted by Crippen LogP contribution is 2.19. The number of carbonyl (C=O) groups is 1. The molecule has 3 rings (SSSR count). The van der Waals surface area contributed by atoms with Gasteiger partial charge in [0.2, 0.25) is 0 Å². The van der Waals surface area contributed by atoms with E-state index in [1.165, 1.54) is 0 Å². The van der Waals surface area contributed by atoms with Crippen molar-refractivity contribution < 1.29 is 9.53 Å². The molecule has 1 aliphatic rings. The predicted molar refractivity (Wildman–Crippen MR) is 95.2 cm³/mol. The number of aromatic nitrogens is 3. The number of ether oxygens (including phenoxy) is 1. The van der Waals surface area contributed by atoms with Crippen molar-refractivity contribution in [1.29, 1.82) is 0 Å². The first-order valence-electron chi connectivity index (χ1n) is 8.81. The van der Waals surface area contributed by atoms with E-state index >= 15 is 0 Å². The molecule has 1 amide bonds. The van der Waals surface area contributed by atoms with Crippen LogP contribution in [0.1, 0.15) is 43.4 Å². The molecule has 2 N–H and O–H groups in total. The topological polar surface area (TPSA) is 81.1 Å². The molecule has 2 heterocycles. The van der Waals surface area contributed by atoms with E-state index in [1.807, 2.05) is 45.0 Å². The SMILES string of the molecule is CCc1c(C(=O)NC2CCNC2)nnn1-c1ccc(OC(C)C)cc1. The molecular weight excluding hydrogens is 318 g/mol. The number of hydrogen-bond acceptors (Lipinski definition) is 5. The van der Waals surface area contributed by atoms with E-state index in [-0.39, 0.29) is 18.1 Å². The maximum atomic E-state index is 12.5. The lowest BCUT2D eigenvalue weighted by atomic mass is 10.2. The van der Waals surface area contributed by atoms with E-state index in [2.05, 4.69) is 20.9 Å². The standard InChI is InChI=1S/C18H25N5O2/c1-4-16-17(18(24)20-13-9-10-19-11-13)21-22-23(16)14-5-7-15(8-6-14)25-12(2)3/h5-8,12-13,19H,4,9-11H2,1-3H3,(H,20,24). The third-order valence-electron chi connectivity index (χ3n) is 4.16. The van der Waals surface area contributed by atoms with Crippen LogP contribution in [0.4, 0.5) is 0 Å². The maximum absolute atomic E-state index is 12.5. The van der Waals surface area contributed by atoms with E-state index in [0.717, 1.165) is 36.6 Å². The molecule has 7 nitrogen and oxygen atoms in total. The summed E-state index contributed by atoms with van der Waals surface area (Å²) in [5, 5.41) is 14.6. The summed E-state index contributed by atoms with van der Waals surface area (Å²) in [6.07, 6.45) is 1.74. The van der Waals surface area contributed by atoms with E-state index in [0.29, 0.717) is 12.1 Å². The van der Waals surface area contributed by atoms with Gasteiger partial charge in [0.1, 0.15) is 5.75 Å². The Morgan fingerprint density at radius 2 is 2.16 bits per heavy atom. The Hall–Kier alpha value is -2.41. The summed E-state index contributed by atoms with van der Waals surface area (Å²) in [4.78, 5) is 12.5. The molecule has 1 fully saturated rings. The molecule has 1 atom stereocenters. The second kappa shape index (κ2) is 7.65. The summed E-state index contributed by atoms with van der Waals surface area (Å²) in [5.74, 6) is 0.653. The molecule has 25 heavy (non-hydrogen) atoms. The first kappa shape index (κ1) is 17.4. The summed E-state index contributed by atoms with van der Waals surface area (Å²) in [7, 11) is 0. The molecule has 0 spiro atoms. The van der Waals surface area contributed by atoms with Gasteiger partial charge in [-0.1, -0.05) is 12.1 Å². The molecule has 1 aliphatic heterocycles. The van der Waals surface area contributed by atoms with Crippen molar-refractivity contribution >= 4 is 5.91 Å². The van der Waals surface area contributed by atoms with Crippen molar-refractivity contribution in [2.45, 2.75) is 45.8 Å². The van der Waals surface area contributed by atoms with Gasteiger partial charge in [-0.05, 0) is 57.5 Å². The number of amides is 1. The second-order valence-corrected chi connectivity index (χ2v) is 6.47.